The van der Waals surface area contributed by atoms with Gasteiger partial charge in [-0.05, 0) is 38.8 Å². The Morgan fingerprint density at radius 2 is 1.89 bits per heavy atom. The summed E-state index contributed by atoms with van der Waals surface area (Å²) in [6.45, 7) is 5.11. The van der Waals surface area contributed by atoms with Gasteiger partial charge < -0.3 is 19.9 Å². The molecule has 0 aliphatic heterocycles. The number of aliphatic hydroxyl groups is 1. The van der Waals surface area contributed by atoms with Gasteiger partial charge in [0, 0.05) is 12.6 Å². The van der Waals surface area contributed by atoms with Gasteiger partial charge in [0.05, 0.1) is 6.61 Å². The molecule has 2 rings (SSSR count). The molecule has 0 saturated heterocycles. The molecule has 1 aromatic rings. The largest absolute Gasteiger partial charge is 0.490 e. The van der Waals surface area contributed by atoms with Crippen molar-refractivity contribution in [2.75, 3.05) is 19.8 Å². The Morgan fingerprint density at radius 3 is 2.47 bits per heavy atom. The standard InChI is InChI=1S/C15H23NO3/c1-3-18-13-6-4-5-7-14(13)19-11-15(2,17)10-16-12-8-9-12/h4-7,12,16-17H,3,8-11H2,1-2H3. The first-order valence-electron chi connectivity index (χ1n) is 6.91. The first kappa shape index (κ1) is 14.2. The molecule has 0 radical (unpaired) electrons. The molecule has 0 aromatic heterocycles. The van der Waals surface area contributed by atoms with Crippen LogP contribution >= 0.6 is 0 Å². The van der Waals surface area contributed by atoms with E-state index < -0.39 is 5.60 Å². The van der Waals surface area contributed by atoms with Gasteiger partial charge in [-0.1, -0.05) is 12.1 Å². The molecule has 0 spiro atoms. The molecular weight excluding hydrogens is 242 g/mol. The highest BCUT2D eigenvalue weighted by molar-refractivity contribution is 5.39. The predicted octanol–water partition coefficient (Wildman–Crippen LogP) is 1.97. The lowest BCUT2D eigenvalue weighted by Crippen LogP contribution is -2.43. The van der Waals surface area contributed by atoms with Gasteiger partial charge in [-0.3, -0.25) is 0 Å². The highest BCUT2D eigenvalue weighted by Crippen LogP contribution is 2.27. The van der Waals surface area contributed by atoms with Crippen LogP contribution in [0.15, 0.2) is 24.3 Å². The second-order valence-electron chi connectivity index (χ2n) is 5.32. The molecule has 1 aliphatic rings. The molecule has 2 N–H and O–H groups in total. The normalized spacial score (nSPS) is 17.8. The topological polar surface area (TPSA) is 50.7 Å². The average Bonchev–Trinajstić information content (AvgIpc) is 3.20. The molecule has 1 atom stereocenters. The summed E-state index contributed by atoms with van der Waals surface area (Å²) < 4.78 is 11.2. The molecule has 1 aliphatic carbocycles. The lowest BCUT2D eigenvalue weighted by molar-refractivity contribution is 0.0111. The number of hydrogen-bond acceptors (Lipinski definition) is 4. The summed E-state index contributed by atoms with van der Waals surface area (Å²) in [5.74, 6) is 1.40. The molecule has 1 fully saturated rings. The maximum atomic E-state index is 10.2. The van der Waals surface area contributed by atoms with Crippen LogP contribution in [0.5, 0.6) is 11.5 Å². The van der Waals surface area contributed by atoms with Crippen LogP contribution < -0.4 is 14.8 Å². The van der Waals surface area contributed by atoms with E-state index in [9.17, 15) is 5.11 Å². The first-order chi connectivity index (χ1) is 9.11. The molecule has 106 valence electrons. The highest BCUT2D eigenvalue weighted by atomic mass is 16.5. The van der Waals surface area contributed by atoms with Gasteiger partial charge in [0.1, 0.15) is 12.2 Å². The van der Waals surface area contributed by atoms with Crippen LogP contribution in [0.1, 0.15) is 26.7 Å². The zero-order chi connectivity index (χ0) is 13.7. The molecule has 1 aromatic carbocycles. The summed E-state index contributed by atoms with van der Waals surface area (Å²) in [5, 5.41) is 13.6. The van der Waals surface area contributed by atoms with Crippen molar-refractivity contribution in [3.63, 3.8) is 0 Å². The van der Waals surface area contributed by atoms with E-state index in [1.54, 1.807) is 6.92 Å². The number of para-hydroxylation sites is 2. The van der Waals surface area contributed by atoms with Gasteiger partial charge in [0.25, 0.3) is 0 Å². The van der Waals surface area contributed by atoms with E-state index in [1.165, 1.54) is 12.8 Å². The van der Waals surface area contributed by atoms with E-state index in [0.29, 0.717) is 24.9 Å². The third kappa shape index (κ3) is 4.73. The van der Waals surface area contributed by atoms with E-state index in [4.69, 9.17) is 9.47 Å². The van der Waals surface area contributed by atoms with Gasteiger partial charge in [-0.25, -0.2) is 0 Å². The van der Waals surface area contributed by atoms with Crippen LogP contribution in [0.3, 0.4) is 0 Å². The fourth-order valence-electron chi connectivity index (χ4n) is 1.78. The Labute approximate surface area is 114 Å². The molecule has 0 amide bonds. The second-order valence-corrected chi connectivity index (χ2v) is 5.32. The molecule has 0 bridgehead atoms. The van der Waals surface area contributed by atoms with E-state index in [2.05, 4.69) is 5.32 Å². The van der Waals surface area contributed by atoms with Crippen LogP contribution in [0.25, 0.3) is 0 Å². The van der Waals surface area contributed by atoms with Gasteiger partial charge in [-0.15, -0.1) is 0 Å². The van der Waals surface area contributed by atoms with Gasteiger partial charge >= 0.3 is 0 Å². The van der Waals surface area contributed by atoms with Crippen molar-refractivity contribution in [2.24, 2.45) is 0 Å². The quantitative estimate of drug-likeness (QED) is 0.754. The van der Waals surface area contributed by atoms with Gasteiger partial charge in [-0.2, -0.15) is 0 Å². The van der Waals surface area contributed by atoms with Crippen LogP contribution in [-0.4, -0.2) is 36.5 Å². The SMILES string of the molecule is CCOc1ccccc1OCC(C)(O)CNC1CC1. The maximum absolute atomic E-state index is 10.2. The van der Waals surface area contributed by atoms with Crippen molar-refractivity contribution < 1.29 is 14.6 Å². The number of benzene rings is 1. The average molecular weight is 265 g/mol. The molecule has 0 heterocycles. The van der Waals surface area contributed by atoms with Crippen LogP contribution in [0.4, 0.5) is 0 Å². The van der Waals surface area contributed by atoms with Crippen molar-refractivity contribution in [1.29, 1.82) is 0 Å². The minimum absolute atomic E-state index is 0.247. The van der Waals surface area contributed by atoms with Gasteiger partial charge in [0.15, 0.2) is 11.5 Å². The van der Waals surface area contributed by atoms with E-state index in [1.807, 2.05) is 31.2 Å². The minimum atomic E-state index is -0.873. The number of hydrogen-bond donors (Lipinski definition) is 2. The van der Waals surface area contributed by atoms with Gasteiger partial charge in [0.2, 0.25) is 0 Å². The molecular formula is C15H23NO3. The Bertz CT molecular complexity index is 402. The van der Waals surface area contributed by atoms with Crippen LogP contribution in [0.2, 0.25) is 0 Å². The zero-order valence-corrected chi connectivity index (χ0v) is 11.7. The van der Waals surface area contributed by atoms with Crippen LogP contribution in [0, 0.1) is 0 Å². The van der Waals surface area contributed by atoms with Crippen molar-refractivity contribution in [3.8, 4) is 11.5 Å². The summed E-state index contributed by atoms with van der Waals surface area (Å²) >= 11 is 0. The fraction of sp³-hybridized carbons (Fsp3) is 0.600. The van der Waals surface area contributed by atoms with Crippen molar-refractivity contribution in [3.05, 3.63) is 24.3 Å². The Morgan fingerprint density at radius 1 is 1.26 bits per heavy atom. The lowest BCUT2D eigenvalue weighted by Gasteiger charge is -2.24. The van der Waals surface area contributed by atoms with Crippen molar-refractivity contribution >= 4 is 0 Å². The minimum Gasteiger partial charge on any atom is -0.490 e. The second kappa shape index (κ2) is 6.26. The summed E-state index contributed by atoms with van der Waals surface area (Å²) in [5.41, 5.74) is -0.873. The third-order valence-electron chi connectivity index (χ3n) is 3.04. The number of nitrogens with one attached hydrogen (secondary N) is 1. The zero-order valence-electron chi connectivity index (χ0n) is 11.7. The van der Waals surface area contributed by atoms with E-state index >= 15 is 0 Å². The molecule has 1 unspecified atom stereocenters. The monoisotopic (exact) mass is 265 g/mol. The lowest BCUT2D eigenvalue weighted by atomic mass is 10.1. The third-order valence-corrected chi connectivity index (χ3v) is 3.04. The summed E-state index contributed by atoms with van der Waals surface area (Å²) in [6, 6.07) is 8.12. The molecule has 4 heteroatoms. The van der Waals surface area contributed by atoms with Crippen molar-refractivity contribution in [1.82, 2.24) is 5.32 Å². The summed E-state index contributed by atoms with van der Waals surface area (Å²) in [4.78, 5) is 0. The van der Waals surface area contributed by atoms with Crippen LogP contribution in [-0.2, 0) is 0 Å². The first-order valence-corrected chi connectivity index (χ1v) is 6.91. The van der Waals surface area contributed by atoms with Crippen molar-refractivity contribution in [2.45, 2.75) is 38.3 Å². The Hall–Kier alpha value is -1.26. The molecule has 1 saturated carbocycles. The molecule has 19 heavy (non-hydrogen) atoms. The Kier molecular flexibility index (Phi) is 4.66. The number of ether oxygens (including phenoxy) is 2. The highest BCUT2D eigenvalue weighted by Gasteiger charge is 2.27. The maximum Gasteiger partial charge on any atom is 0.161 e. The summed E-state index contributed by atoms with van der Waals surface area (Å²) in [6.07, 6.45) is 2.42. The predicted molar refractivity (Wildman–Crippen MR) is 74.8 cm³/mol. The van der Waals surface area contributed by atoms with E-state index in [0.717, 1.165) is 5.75 Å². The fourth-order valence-corrected chi connectivity index (χ4v) is 1.78. The number of rotatable bonds is 8. The van der Waals surface area contributed by atoms with E-state index in [-0.39, 0.29) is 6.61 Å². The smallest absolute Gasteiger partial charge is 0.161 e. The molecule has 4 nitrogen and oxygen atoms in total. The Balaban J connectivity index is 1.85. The summed E-state index contributed by atoms with van der Waals surface area (Å²) in [7, 11) is 0.